The standard InChI is InChI=1S/C12H13N3O3/c13-8(12(17)18)5-6-10-14-9-4-2-1-3-7(9)11(16)15-10/h1-4,8H,5-6,13H2,(H,17,18)(H,14,15,16). The maximum Gasteiger partial charge on any atom is 0.320 e. The van der Waals surface area contributed by atoms with E-state index in [1.54, 1.807) is 24.3 Å². The van der Waals surface area contributed by atoms with Crippen LogP contribution in [0.15, 0.2) is 29.1 Å². The van der Waals surface area contributed by atoms with Gasteiger partial charge in [0.1, 0.15) is 11.9 Å². The smallest absolute Gasteiger partial charge is 0.320 e. The maximum absolute atomic E-state index is 11.7. The first-order valence-corrected chi connectivity index (χ1v) is 5.54. The number of carbonyl (C=O) groups is 1. The number of benzene rings is 1. The van der Waals surface area contributed by atoms with Crippen LogP contribution in [0.3, 0.4) is 0 Å². The number of nitrogens with two attached hydrogens (primary N) is 1. The number of hydrogen-bond acceptors (Lipinski definition) is 4. The number of nitrogens with zero attached hydrogens (tertiary/aromatic N) is 1. The highest BCUT2D eigenvalue weighted by Crippen LogP contribution is 2.07. The molecule has 0 spiro atoms. The zero-order valence-electron chi connectivity index (χ0n) is 9.59. The molecular weight excluding hydrogens is 234 g/mol. The van der Waals surface area contributed by atoms with Crippen LogP contribution in [-0.4, -0.2) is 27.1 Å². The Hall–Kier alpha value is -2.21. The summed E-state index contributed by atoms with van der Waals surface area (Å²) >= 11 is 0. The summed E-state index contributed by atoms with van der Waals surface area (Å²) in [5.74, 6) is -0.603. The lowest BCUT2D eigenvalue weighted by molar-refractivity contribution is -0.138. The summed E-state index contributed by atoms with van der Waals surface area (Å²) in [5, 5.41) is 9.19. The quantitative estimate of drug-likeness (QED) is 0.718. The second kappa shape index (κ2) is 4.97. The second-order valence-corrected chi connectivity index (χ2v) is 4.01. The van der Waals surface area contributed by atoms with Gasteiger partial charge in [-0.2, -0.15) is 0 Å². The largest absolute Gasteiger partial charge is 0.480 e. The number of aromatic amines is 1. The number of aryl methyl sites for hydroxylation is 1. The van der Waals surface area contributed by atoms with E-state index in [0.717, 1.165) is 0 Å². The number of rotatable bonds is 4. The van der Waals surface area contributed by atoms with E-state index in [0.29, 0.717) is 23.1 Å². The summed E-state index contributed by atoms with van der Waals surface area (Å²) in [5.41, 5.74) is 5.77. The van der Waals surface area contributed by atoms with Gasteiger partial charge in [0, 0.05) is 6.42 Å². The number of aromatic nitrogens is 2. The number of hydrogen-bond donors (Lipinski definition) is 3. The van der Waals surface area contributed by atoms with Gasteiger partial charge in [0.05, 0.1) is 10.9 Å². The van der Waals surface area contributed by atoms with Gasteiger partial charge < -0.3 is 15.8 Å². The summed E-state index contributed by atoms with van der Waals surface area (Å²) in [6, 6.07) is 6.04. The highest BCUT2D eigenvalue weighted by Gasteiger charge is 2.12. The first-order valence-electron chi connectivity index (χ1n) is 5.54. The fourth-order valence-electron chi connectivity index (χ4n) is 1.67. The fourth-order valence-corrected chi connectivity index (χ4v) is 1.67. The first kappa shape index (κ1) is 12.3. The van der Waals surface area contributed by atoms with Gasteiger partial charge in [-0.25, -0.2) is 4.98 Å². The van der Waals surface area contributed by atoms with Crippen LogP contribution in [0.4, 0.5) is 0 Å². The molecular formula is C12H13N3O3. The number of nitrogens with one attached hydrogen (secondary N) is 1. The molecule has 2 rings (SSSR count). The van der Waals surface area contributed by atoms with Crippen molar-refractivity contribution in [1.82, 2.24) is 9.97 Å². The number of carboxylic acids is 1. The van der Waals surface area contributed by atoms with Crippen LogP contribution < -0.4 is 11.3 Å². The molecule has 2 aromatic rings. The van der Waals surface area contributed by atoms with Crippen molar-refractivity contribution in [1.29, 1.82) is 0 Å². The van der Waals surface area contributed by atoms with Crippen LogP contribution in [0.5, 0.6) is 0 Å². The highest BCUT2D eigenvalue weighted by molar-refractivity contribution is 5.77. The van der Waals surface area contributed by atoms with Gasteiger partial charge in [-0.3, -0.25) is 9.59 Å². The molecule has 0 aliphatic carbocycles. The molecule has 1 aromatic carbocycles. The number of carboxylic acid groups (broad SMARTS) is 1. The van der Waals surface area contributed by atoms with Gasteiger partial charge in [-0.05, 0) is 18.6 Å². The molecule has 0 aliphatic heterocycles. The van der Waals surface area contributed by atoms with Gasteiger partial charge in [0.2, 0.25) is 0 Å². The molecule has 0 bridgehead atoms. The van der Waals surface area contributed by atoms with Crippen molar-refractivity contribution in [3.05, 3.63) is 40.4 Å². The average Bonchev–Trinajstić information content (AvgIpc) is 2.36. The molecule has 18 heavy (non-hydrogen) atoms. The lowest BCUT2D eigenvalue weighted by atomic mass is 10.1. The second-order valence-electron chi connectivity index (χ2n) is 4.01. The minimum Gasteiger partial charge on any atom is -0.480 e. The van der Waals surface area contributed by atoms with Crippen molar-refractivity contribution >= 4 is 16.9 Å². The predicted octanol–water partition coefficient (Wildman–Crippen LogP) is 0.268. The summed E-state index contributed by atoms with van der Waals surface area (Å²) in [7, 11) is 0. The Morgan fingerprint density at radius 2 is 2.17 bits per heavy atom. The monoisotopic (exact) mass is 247 g/mol. The first-order chi connectivity index (χ1) is 8.58. The normalized spacial score (nSPS) is 12.5. The van der Waals surface area contributed by atoms with E-state index in [2.05, 4.69) is 9.97 Å². The Bertz CT molecular complexity index is 636. The average molecular weight is 247 g/mol. The van der Waals surface area contributed by atoms with Crippen LogP contribution in [0.1, 0.15) is 12.2 Å². The van der Waals surface area contributed by atoms with Gasteiger partial charge >= 0.3 is 5.97 Å². The van der Waals surface area contributed by atoms with Crippen molar-refractivity contribution in [2.24, 2.45) is 5.73 Å². The highest BCUT2D eigenvalue weighted by atomic mass is 16.4. The zero-order valence-corrected chi connectivity index (χ0v) is 9.59. The molecule has 6 heteroatoms. The Morgan fingerprint density at radius 1 is 1.44 bits per heavy atom. The van der Waals surface area contributed by atoms with Crippen molar-refractivity contribution in [3.8, 4) is 0 Å². The van der Waals surface area contributed by atoms with E-state index in [4.69, 9.17) is 10.8 Å². The molecule has 1 heterocycles. The predicted molar refractivity (Wildman–Crippen MR) is 66.3 cm³/mol. The lowest BCUT2D eigenvalue weighted by Gasteiger charge is -2.06. The maximum atomic E-state index is 11.7. The van der Waals surface area contributed by atoms with Crippen molar-refractivity contribution in [2.75, 3.05) is 0 Å². The molecule has 4 N–H and O–H groups in total. The fraction of sp³-hybridized carbons (Fsp3) is 0.250. The molecule has 0 saturated heterocycles. The number of H-pyrrole nitrogens is 1. The van der Waals surface area contributed by atoms with E-state index in [1.807, 2.05) is 0 Å². The van der Waals surface area contributed by atoms with Crippen LogP contribution in [0, 0.1) is 0 Å². The minimum absolute atomic E-state index is 0.223. The molecule has 0 aliphatic rings. The van der Waals surface area contributed by atoms with Gasteiger partial charge in [0.25, 0.3) is 5.56 Å². The van der Waals surface area contributed by atoms with Gasteiger partial charge in [-0.15, -0.1) is 0 Å². The molecule has 1 unspecified atom stereocenters. The molecule has 1 aromatic heterocycles. The molecule has 0 radical (unpaired) electrons. The summed E-state index contributed by atoms with van der Waals surface area (Å²) in [4.78, 5) is 29.2. The number of fused-ring (bicyclic) bond motifs is 1. The Balaban J connectivity index is 2.25. The summed E-state index contributed by atoms with van der Waals surface area (Å²) < 4.78 is 0. The summed E-state index contributed by atoms with van der Waals surface area (Å²) in [6.07, 6.45) is 0.560. The van der Waals surface area contributed by atoms with Crippen LogP contribution in [-0.2, 0) is 11.2 Å². The van der Waals surface area contributed by atoms with E-state index in [9.17, 15) is 9.59 Å². The molecule has 0 fully saturated rings. The Labute approximate surface area is 102 Å². The third kappa shape index (κ3) is 2.54. The van der Waals surface area contributed by atoms with Crippen molar-refractivity contribution in [2.45, 2.75) is 18.9 Å². The van der Waals surface area contributed by atoms with Crippen molar-refractivity contribution < 1.29 is 9.90 Å². The van der Waals surface area contributed by atoms with Gasteiger partial charge in [-0.1, -0.05) is 12.1 Å². The SMILES string of the molecule is NC(CCc1nc2ccccc2c(=O)[nH]1)C(=O)O. The lowest BCUT2D eigenvalue weighted by Crippen LogP contribution is -2.30. The topological polar surface area (TPSA) is 109 Å². The van der Waals surface area contributed by atoms with Crippen LogP contribution >= 0.6 is 0 Å². The van der Waals surface area contributed by atoms with E-state index in [1.165, 1.54) is 0 Å². The molecule has 6 nitrogen and oxygen atoms in total. The molecule has 1 atom stereocenters. The van der Waals surface area contributed by atoms with Crippen LogP contribution in [0.25, 0.3) is 10.9 Å². The zero-order chi connectivity index (χ0) is 13.1. The molecule has 0 saturated carbocycles. The van der Waals surface area contributed by atoms with E-state index < -0.39 is 12.0 Å². The minimum atomic E-state index is -1.06. The van der Waals surface area contributed by atoms with Crippen molar-refractivity contribution in [3.63, 3.8) is 0 Å². The Morgan fingerprint density at radius 3 is 2.89 bits per heavy atom. The molecule has 0 amide bonds. The molecule has 94 valence electrons. The summed E-state index contributed by atoms with van der Waals surface area (Å²) in [6.45, 7) is 0. The third-order valence-corrected chi connectivity index (χ3v) is 2.67. The van der Waals surface area contributed by atoms with Gasteiger partial charge in [0.15, 0.2) is 0 Å². The third-order valence-electron chi connectivity index (χ3n) is 2.67. The number of para-hydroxylation sites is 1. The Kier molecular flexibility index (Phi) is 3.38. The van der Waals surface area contributed by atoms with E-state index in [-0.39, 0.29) is 12.0 Å². The number of aliphatic carboxylic acids is 1. The van der Waals surface area contributed by atoms with E-state index >= 15 is 0 Å². The van der Waals surface area contributed by atoms with Crippen LogP contribution in [0.2, 0.25) is 0 Å².